The zero-order valence-electron chi connectivity index (χ0n) is 23.2. The van der Waals surface area contributed by atoms with Crippen molar-refractivity contribution in [2.24, 2.45) is 0 Å². The summed E-state index contributed by atoms with van der Waals surface area (Å²) in [6.45, 7) is 0. The van der Waals surface area contributed by atoms with E-state index in [-0.39, 0.29) is 0 Å². The molecule has 44 heavy (non-hydrogen) atoms. The van der Waals surface area contributed by atoms with E-state index in [9.17, 15) is 21.0 Å². The number of nitriles is 4. The third-order valence-corrected chi connectivity index (χ3v) is 6.89. The van der Waals surface area contributed by atoms with Crippen molar-refractivity contribution in [3.63, 3.8) is 0 Å². The SMILES string of the molecule is N#Cc1cc(N)ccc1N(c1ccc(N(c2ccc(N)cc2C#N)c2ccc(N)cc2C#N)cc1)c1ccc(N)cc1C#N. The molecule has 0 aliphatic rings. The molecule has 0 spiro atoms. The lowest BCUT2D eigenvalue weighted by Crippen LogP contribution is -2.15. The summed E-state index contributed by atoms with van der Waals surface area (Å²) in [5.74, 6) is 0. The van der Waals surface area contributed by atoms with Gasteiger partial charge in [-0.3, -0.25) is 0 Å². The number of nitrogens with zero attached hydrogens (tertiary/aromatic N) is 6. The van der Waals surface area contributed by atoms with E-state index in [0.29, 0.717) is 79.1 Å². The van der Waals surface area contributed by atoms with Crippen molar-refractivity contribution >= 4 is 56.9 Å². The molecular weight excluding hydrogens is 548 g/mol. The van der Waals surface area contributed by atoms with E-state index in [1.165, 1.54) is 0 Å². The maximum Gasteiger partial charge on any atom is 0.101 e. The van der Waals surface area contributed by atoms with Gasteiger partial charge in [0, 0.05) is 34.1 Å². The zero-order chi connectivity index (χ0) is 31.4. The second-order valence-electron chi connectivity index (χ2n) is 9.74. The minimum Gasteiger partial charge on any atom is -0.399 e. The van der Waals surface area contributed by atoms with E-state index in [1.54, 1.807) is 82.6 Å². The Labute approximate surface area is 254 Å². The average Bonchev–Trinajstić information content (AvgIpc) is 3.04. The molecule has 0 amide bonds. The lowest BCUT2D eigenvalue weighted by molar-refractivity contribution is 1.23. The van der Waals surface area contributed by atoms with E-state index in [2.05, 4.69) is 24.3 Å². The van der Waals surface area contributed by atoms with Gasteiger partial charge < -0.3 is 32.7 Å². The summed E-state index contributed by atoms with van der Waals surface area (Å²) >= 11 is 0. The van der Waals surface area contributed by atoms with Crippen molar-refractivity contribution in [3.8, 4) is 24.3 Å². The van der Waals surface area contributed by atoms with Gasteiger partial charge in [0.15, 0.2) is 0 Å². The van der Waals surface area contributed by atoms with Crippen molar-refractivity contribution in [2.75, 3.05) is 32.7 Å². The Balaban J connectivity index is 1.73. The van der Waals surface area contributed by atoms with E-state index < -0.39 is 0 Å². The Morgan fingerprint density at radius 2 is 0.591 bits per heavy atom. The smallest absolute Gasteiger partial charge is 0.101 e. The number of hydrogen-bond donors (Lipinski definition) is 4. The molecule has 0 radical (unpaired) electrons. The Kier molecular flexibility index (Phi) is 7.59. The van der Waals surface area contributed by atoms with Gasteiger partial charge in [0.2, 0.25) is 0 Å². The summed E-state index contributed by atoms with van der Waals surface area (Å²) in [7, 11) is 0. The van der Waals surface area contributed by atoms with E-state index in [1.807, 2.05) is 24.3 Å². The number of nitrogen functional groups attached to an aromatic ring is 4. The third-order valence-electron chi connectivity index (χ3n) is 6.89. The monoisotopic (exact) mass is 572 g/mol. The van der Waals surface area contributed by atoms with E-state index in [4.69, 9.17) is 22.9 Å². The highest BCUT2D eigenvalue weighted by molar-refractivity contribution is 5.88. The molecule has 5 aromatic rings. The van der Waals surface area contributed by atoms with Gasteiger partial charge in [-0.25, -0.2) is 0 Å². The molecule has 0 heterocycles. The van der Waals surface area contributed by atoms with Crippen LogP contribution in [0.2, 0.25) is 0 Å². The largest absolute Gasteiger partial charge is 0.399 e. The molecule has 0 fully saturated rings. The molecule has 210 valence electrons. The predicted molar refractivity (Wildman–Crippen MR) is 172 cm³/mol. The summed E-state index contributed by atoms with van der Waals surface area (Å²) in [5, 5.41) is 39.9. The summed E-state index contributed by atoms with van der Waals surface area (Å²) < 4.78 is 0. The first-order valence-corrected chi connectivity index (χ1v) is 13.2. The van der Waals surface area contributed by atoms with Gasteiger partial charge >= 0.3 is 0 Å². The highest BCUT2D eigenvalue weighted by Crippen LogP contribution is 2.43. The van der Waals surface area contributed by atoms with Crippen LogP contribution in [-0.4, -0.2) is 0 Å². The normalized spacial score (nSPS) is 10.1. The van der Waals surface area contributed by atoms with Crippen LogP contribution in [0.1, 0.15) is 22.3 Å². The Bertz CT molecular complexity index is 1800. The fourth-order valence-corrected chi connectivity index (χ4v) is 4.92. The molecule has 0 unspecified atom stereocenters. The van der Waals surface area contributed by atoms with Crippen LogP contribution in [0.25, 0.3) is 0 Å². The molecule has 8 N–H and O–H groups in total. The molecule has 0 saturated heterocycles. The second-order valence-corrected chi connectivity index (χ2v) is 9.74. The van der Waals surface area contributed by atoms with Gasteiger partial charge in [0.05, 0.1) is 45.0 Å². The number of nitrogens with two attached hydrogens (primary N) is 4. The maximum absolute atomic E-state index is 9.97. The highest BCUT2D eigenvalue weighted by Gasteiger charge is 2.23. The number of anilines is 10. The first-order chi connectivity index (χ1) is 21.3. The molecule has 0 atom stereocenters. The zero-order valence-corrected chi connectivity index (χ0v) is 23.2. The maximum atomic E-state index is 9.97. The molecule has 10 nitrogen and oxygen atoms in total. The molecule has 0 aromatic heterocycles. The minimum absolute atomic E-state index is 0.303. The van der Waals surface area contributed by atoms with Gasteiger partial charge in [-0.05, 0) is 97.1 Å². The number of rotatable bonds is 6. The Morgan fingerprint density at radius 3 is 0.795 bits per heavy atom. The molecule has 10 heteroatoms. The minimum atomic E-state index is 0.303. The quantitative estimate of drug-likeness (QED) is 0.164. The van der Waals surface area contributed by atoms with E-state index >= 15 is 0 Å². The lowest BCUT2D eigenvalue weighted by atomic mass is 10.0. The van der Waals surface area contributed by atoms with Crippen LogP contribution in [0, 0.1) is 45.3 Å². The molecular formula is C34H24N10. The van der Waals surface area contributed by atoms with Gasteiger partial charge in [0.25, 0.3) is 0 Å². The van der Waals surface area contributed by atoms with Crippen LogP contribution in [-0.2, 0) is 0 Å². The van der Waals surface area contributed by atoms with Gasteiger partial charge in [-0.15, -0.1) is 0 Å². The van der Waals surface area contributed by atoms with Gasteiger partial charge in [-0.1, -0.05) is 0 Å². The Hall–Kier alpha value is -7.14. The van der Waals surface area contributed by atoms with Gasteiger partial charge in [-0.2, -0.15) is 21.0 Å². The first-order valence-electron chi connectivity index (χ1n) is 13.2. The van der Waals surface area contributed by atoms with Crippen LogP contribution >= 0.6 is 0 Å². The lowest BCUT2D eigenvalue weighted by Gasteiger charge is -2.30. The van der Waals surface area contributed by atoms with Gasteiger partial charge in [0.1, 0.15) is 24.3 Å². The molecule has 5 rings (SSSR count). The van der Waals surface area contributed by atoms with Crippen LogP contribution in [0.15, 0.2) is 97.1 Å². The summed E-state index contributed by atoms with van der Waals surface area (Å²) in [6, 6.07) is 35.8. The van der Waals surface area contributed by atoms with Crippen molar-refractivity contribution in [2.45, 2.75) is 0 Å². The van der Waals surface area contributed by atoms with Crippen molar-refractivity contribution < 1.29 is 0 Å². The van der Waals surface area contributed by atoms with Crippen molar-refractivity contribution in [1.29, 1.82) is 21.0 Å². The molecule has 0 aliphatic carbocycles. The van der Waals surface area contributed by atoms with Crippen LogP contribution < -0.4 is 32.7 Å². The fraction of sp³-hybridized carbons (Fsp3) is 0. The highest BCUT2D eigenvalue weighted by atomic mass is 15.2. The first kappa shape index (κ1) is 28.4. The standard InChI is InChI=1S/C34H24N10/c35-17-21-13-25(39)1-9-31(21)43(32-10-2-26(40)14-22(32)18-36)29-5-7-30(8-6-29)44(33-11-3-27(41)15-23(33)19-37)34-12-4-28(42)16-24(34)20-38/h1-16H,39-42H2. The molecule has 0 saturated carbocycles. The van der Waals surface area contributed by atoms with Crippen LogP contribution in [0.5, 0.6) is 0 Å². The molecule has 5 aromatic carbocycles. The van der Waals surface area contributed by atoms with Crippen LogP contribution in [0.3, 0.4) is 0 Å². The van der Waals surface area contributed by atoms with E-state index in [0.717, 1.165) is 0 Å². The summed E-state index contributed by atoms with van der Waals surface area (Å²) in [6.07, 6.45) is 0. The second kappa shape index (κ2) is 11.8. The third kappa shape index (κ3) is 5.30. The average molecular weight is 573 g/mol. The molecule has 0 aliphatic heterocycles. The van der Waals surface area contributed by atoms with Crippen LogP contribution in [0.4, 0.5) is 56.9 Å². The number of benzene rings is 5. The van der Waals surface area contributed by atoms with Crippen molar-refractivity contribution in [1.82, 2.24) is 0 Å². The molecule has 0 bridgehead atoms. The number of hydrogen-bond acceptors (Lipinski definition) is 10. The predicted octanol–water partition coefficient (Wildman–Crippen LogP) is 6.44. The topological polar surface area (TPSA) is 206 Å². The summed E-state index contributed by atoms with van der Waals surface area (Å²) in [5.41, 5.74) is 30.1. The van der Waals surface area contributed by atoms with Crippen molar-refractivity contribution in [3.05, 3.63) is 119 Å². The Morgan fingerprint density at radius 1 is 0.364 bits per heavy atom. The summed E-state index contributed by atoms with van der Waals surface area (Å²) in [4.78, 5) is 3.55. The fourth-order valence-electron chi connectivity index (χ4n) is 4.92.